The first-order valence-corrected chi connectivity index (χ1v) is 4.54. The molecular weight excluding hydrogens is 165 g/mol. The van der Waals surface area contributed by atoms with Crippen molar-refractivity contribution in [1.29, 1.82) is 0 Å². The summed E-state index contributed by atoms with van der Waals surface area (Å²) in [4.78, 5) is 0. The summed E-state index contributed by atoms with van der Waals surface area (Å²) >= 11 is 0. The fourth-order valence-corrected chi connectivity index (χ4v) is 1.26. The van der Waals surface area contributed by atoms with E-state index in [2.05, 4.69) is 0 Å². The molecule has 0 heterocycles. The fourth-order valence-electron chi connectivity index (χ4n) is 1.26. The molecule has 0 aliphatic rings. The predicted molar refractivity (Wildman–Crippen MR) is 52.9 cm³/mol. The van der Waals surface area contributed by atoms with Gasteiger partial charge >= 0.3 is 0 Å². The minimum atomic E-state index is -0.208. The minimum Gasteiger partial charge on any atom is -0.324 e. The molecule has 0 spiro atoms. The Bertz CT molecular complexity index is 294. The van der Waals surface area contributed by atoms with E-state index in [1.165, 1.54) is 6.07 Å². The molecule has 1 atom stereocenters. The van der Waals surface area contributed by atoms with E-state index >= 15 is 0 Å². The predicted octanol–water partition coefficient (Wildman–Crippen LogP) is 2.79. The SMILES string of the molecule is Cc1ccc([C@@H](N)C(C)C)c(F)c1. The van der Waals surface area contributed by atoms with E-state index in [1.54, 1.807) is 6.07 Å². The van der Waals surface area contributed by atoms with Crippen LogP contribution in [0.2, 0.25) is 0 Å². The number of rotatable bonds is 2. The summed E-state index contributed by atoms with van der Waals surface area (Å²) in [5.41, 5.74) is 7.39. The van der Waals surface area contributed by atoms with E-state index < -0.39 is 0 Å². The summed E-state index contributed by atoms with van der Waals surface area (Å²) < 4.78 is 13.4. The Hall–Kier alpha value is -0.890. The summed E-state index contributed by atoms with van der Waals surface area (Å²) in [6, 6.07) is 4.98. The highest BCUT2D eigenvalue weighted by molar-refractivity contribution is 5.26. The van der Waals surface area contributed by atoms with Crippen LogP contribution in [0.4, 0.5) is 4.39 Å². The third-order valence-corrected chi connectivity index (χ3v) is 2.23. The van der Waals surface area contributed by atoms with Crippen LogP contribution in [0.25, 0.3) is 0 Å². The van der Waals surface area contributed by atoms with Crippen LogP contribution in [0.3, 0.4) is 0 Å². The Morgan fingerprint density at radius 2 is 1.92 bits per heavy atom. The molecule has 2 N–H and O–H groups in total. The van der Waals surface area contributed by atoms with Crippen molar-refractivity contribution >= 4 is 0 Å². The van der Waals surface area contributed by atoms with E-state index in [9.17, 15) is 4.39 Å². The van der Waals surface area contributed by atoms with Crippen molar-refractivity contribution in [3.8, 4) is 0 Å². The normalized spacial score (nSPS) is 13.4. The molecule has 0 saturated carbocycles. The first-order chi connectivity index (χ1) is 6.02. The van der Waals surface area contributed by atoms with Gasteiger partial charge in [0.15, 0.2) is 0 Å². The first-order valence-electron chi connectivity index (χ1n) is 4.54. The summed E-state index contributed by atoms with van der Waals surface area (Å²) in [7, 11) is 0. The molecule has 0 unspecified atom stereocenters. The van der Waals surface area contributed by atoms with E-state index in [0.29, 0.717) is 5.56 Å². The van der Waals surface area contributed by atoms with Crippen molar-refractivity contribution in [1.82, 2.24) is 0 Å². The van der Waals surface area contributed by atoms with Crippen molar-refractivity contribution in [2.75, 3.05) is 0 Å². The summed E-state index contributed by atoms with van der Waals surface area (Å²) in [5, 5.41) is 0. The van der Waals surface area contributed by atoms with Crippen molar-refractivity contribution in [2.24, 2.45) is 11.7 Å². The zero-order valence-electron chi connectivity index (χ0n) is 8.34. The molecule has 0 radical (unpaired) electrons. The number of hydrogen-bond acceptors (Lipinski definition) is 1. The molecule has 1 aromatic carbocycles. The molecule has 13 heavy (non-hydrogen) atoms. The largest absolute Gasteiger partial charge is 0.324 e. The topological polar surface area (TPSA) is 26.0 Å². The van der Waals surface area contributed by atoms with Gasteiger partial charge in [-0.15, -0.1) is 0 Å². The van der Waals surface area contributed by atoms with Crippen LogP contribution in [0.5, 0.6) is 0 Å². The van der Waals surface area contributed by atoms with Gasteiger partial charge in [-0.05, 0) is 24.5 Å². The average Bonchev–Trinajstić information content (AvgIpc) is 2.03. The van der Waals surface area contributed by atoms with Gasteiger partial charge in [-0.3, -0.25) is 0 Å². The highest BCUT2D eigenvalue weighted by Crippen LogP contribution is 2.22. The van der Waals surface area contributed by atoms with Gasteiger partial charge in [-0.2, -0.15) is 0 Å². The Kier molecular flexibility index (Phi) is 3.04. The summed E-state index contributed by atoms with van der Waals surface area (Å²) in [6.45, 7) is 5.85. The fraction of sp³-hybridized carbons (Fsp3) is 0.455. The average molecular weight is 181 g/mol. The highest BCUT2D eigenvalue weighted by Gasteiger charge is 2.14. The van der Waals surface area contributed by atoms with Gasteiger partial charge in [0, 0.05) is 11.6 Å². The number of aryl methyl sites for hydroxylation is 1. The molecule has 1 nitrogen and oxygen atoms in total. The van der Waals surface area contributed by atoms with Crippen LogP contribution in [-0.2, 0) is 0 Å². The number of hydrogen-bond donors (Lipinski definition) is 1. The Morgan fingerprint density at radius 3 is 2.38 bits per heavy atom. The second-order valence-electron chi connectivity index (χ2n) is 3.79. The van der Waals surface area contributed by atoms with Gasteiger partial charge in [-0.1, -0.05) is 26.0 Å². The molecule has 0 amide bonds. The lowest BCUT2D eigenvalue weighted by Gasteiger charge is -2.16. The van der Waals surface area contributed by atoms with Crippen molar-refractivity contribution in [3.63, 3.8) is 0 Å². The van der Waals surface area contributed by atoms with E-state index in [1.807, 2.05) is 26.8 Å². The molecule has 1 aromatic rings. The second kappa shape index (κ2) is 3.88. The number of halogens is 1. The maximum atomic E-state index is 13.4. The van der Waals surface area contributed by atoms with Gasteiger partial charge in [-0.25, -0.2) is 4.39 Å². The minimum absolute atomic E-state index is 0.193. The monoisotopic (exact) mass is 181 g/mol. The van der Waals surface area contributed by atoms with E-state index in [0.717, 1.165) is 5.56 Å². The maximum absolute atomic E-state index is 13.4. The Labute approximate surface area is 78.8 Å². The van der Waals surface area contributed by atoms with Crippen molar-refractivity contribution in [3.05, 3.63) is 35.1 Å². The molecule has 0 bridgehead atoms. The molecule has 0 aromatic heterocycles. The van der Waals surface area contributed by atoms with E-state index in [-0.39, 0.29) is 17.8 Å². The zero-order chi connectivity index (χ0) is 10.0. The standard InChI is InChI=1S/C11H16FN/c1-7(2)11(13)9-5-4-8(3)6-10(9)12/h4-7,11H,13H2,1-3H3/t11-/m0/s1. The van der Waals surface area contributed by atoms with Gasteiger partial charge < -0.3 is 5.73 Å². The maximum Gasteiger partial charge on any atom is 0.128 e. The second-order valence-corrected chi connectivity index (χ2v) is 3.79. The molecule has 0 saturated heterocycles. The number of nitrogens with two attached hydrogens (primary N) is 1. The van der Waals surface area contributed by atoms with Gasteiger partial charge in [0.05, 0.1) is 0 Å². The van der Waals surface area contributed by atoms with Crippen LogP contribution >= 0.6 is 0 Å². The van der Waals surface area contributed by atoms with E-state index in [4.69, 9.17) is 5.73 Å². The van der Waals surface area contributed by atoms with Crippen molar-refractivity contribution < 1.29 is 4.39 Å². The Morgan fingerprint density at radius 1 is 1.31 bits per heavy atom. The van der Waals surface area contributed by atoms with Crippen LogP contribution in [0, 0.1) is 18.7 Å². The highest BCUT2D eigenvalue weighted by atomic mass is 19.1. The van der Waals surface area contributed by atoms with Gasteiger partial charge in [0.1, 0.15) is 5.82 Å². The molecular formula is C11H16FN. The molecule has 2 heteroatoms. The van der Waals surface area contributed by atoms with Crippen LogP contribution in [0.1, 0.15) is 31.0 Å². The molecule has 1 rings (SSSR count). The molecule has 0 fully saturated rings. The third kappa shape index (κ3) is 2.28. The van der Waals surface area contributed by atoms with Crippen LogP contribution < -0.4 is 5.73 Å². The molecule has 0 aliphatic heterocycles. The smallest absolute Gasteiger partial charge is 0.128 e. The zero-order valence-corrected chi connectivity index (χ0v) is 8.34. The Balaban J connectivity index is 3.01. The molecule has 72 valence electrons. The van der Waals surface area contributed by atoms with Gasteiger partial charge in [0.2, 0.25) is 0 Å². The molecule has 0 aliphatic carbocycles. The third-order valence-electron chi connectivity index (χ3n) is 2.23. The lowest BCUT2D eigenvalue weighted by molar-refractivity contribution is 0.484. The van der Waals surface area contributed by atoms with Crippen LogP contribution in [-0.4, -0.2) is 0 Å². The lowest BCUT2D eigenvalue weighted by atomic mass is 9.96. The summed E-state index contributed by atoms with van der Waals surface area (Å²) in [5.74, 6) is 0.0680. The van der Waals surface area contributed by atoms with Crippen LogP contribution in [0.15, 0.2) is 18.2 Å². The first kappa shape index (κ1) is 10.2. The van der Waals surface area contributed by atoms with Gasteiger partial charge in [0.25, 0.3) is 0 Å². The number of benzene rings is 1. The quantitative estimate of drug-likeness (QED) is 0.746. The summed E-state index contributed by atoms with van der Waals surface area (Å²) in [6.07, 6.45) is 0. The van der Waals surface area contributed by atoms with Crippen molar-refractivity contribution in [2.45, 2.75) is 26.8 Å². The lowest BCUT2D eigenvalue weighted by Crippen LogP contribution is -2.18.